The molecule has 0 N–H and O–H groups in total. The van der Waals surface area contributed by atoms with E-state index in [0.717, 1.165) is 36.0 Å². The molecule has 0 saturated heterocycles. The van der Waals surface area contributed by atoms with Crippen molar-refractivity contribution in [2.75, 3.05) is 0 Å². The van der Waals surface area contributed by atoms with Crippen molar-refractivity contribution >= 4 is 5.78 Å². The van der Waals surface area contributed by atoms with Crippen LogP contribution in [0, 0.1) is 35.5 Å². The van der Waals surface area contributed by atoms with Gasteiger partial charge in [-0.3, -0.25) is 4.79 Å². The zero-order valence-electron chi connectivity index (χ0n) is 10.0. The van der Waals surface area contributed by atoms with E-state index >= 15 is 0 Å². The minimum Gasteiger partial charge on any atom is -0.299 e. The second-order valence-corrected chi connectivity index (χ2v) is 7.03. The first kappa shape index (κ1) is 9.67. The van der Waals surface area contributed by atoms with Gasteiger partial charge in [-0.05, 0) is 68.1 Å². The van der Waals surface area contributed by atoms with Crippen molar-refractivity contribution in [2.24, 2.45) is 35.5 Å². The van der Waals surface area contributed by atoms with Crippen LogP contribution in [0.1, 0.15) is 51.4 Å². The highest BCUT2D eigenvalue weighted by Gasteiger charge is 2.48. The van der Waals surface area contributed by atoms with Crippen LogP contribution >= 0.6 is 0 Å². The third-order valence-corrected chi connectivity index (χ3v) is 6.05. The molecule has 0 aliphatic heterocycles. The number of Topliss-reactive ketones (excluding diaryl/α,β-unsaturated/α-hetero) is 1. The van der Waals surface area contributed by atoms with Crippen LogP contribution in [0.15, 0.2) is 0 Å². The number of hydrogen-bond donors (Lipinski definition) is 0. The van der Waals surface area contributed by atoms with Crippen LogP contribution in [0.25, 0.3) is 0 Å². The fourth-order valence-corrected chi connectivity index (χ4v) is 5.03. The topological polar surface area (TPSA) is 17.1 Å². The molecule has 5 atom stereocenters. The maximum absolute atomic E-state index is 12.2. The second-order valence-electron chi connectivity index (χ2n) is 7.03. The summed E-state index contributed by atoms with van der Waals surface area (Å²) in [5, 5.41) is 0. The zero-order chi connectivity index (χ0) is 10.7. The highest BCUT2D eigenvalue weighted by molar-refractivity contribution is 5.81. The lowest BCUT2D eigenvalue weighted by Gasteiger charge is -2.22. The standard InChI is InChI=1S/C15H22O/c16-15(14-6-12-5-13(12)7-14)8-11-4-9-1-2-10(11)3-9/h9-14H,1-8H2. The van der Waals surface area contributed by atoms with Crippen molar-refractivity contribution < 1.29 is 4.79 Å². The summed E-state index contributed by atoms with van der Waals surface area (Å²) in [5.41, 5.74) is 0. The summed E-state index contributed by atoms with van der Waals surface area (Å²) in [6.45, 7) is 0. The lowest BCUT2D eigenvalue weighted by atomic mass is 9.82. The van der Waals surface area contributed by atoms with Gasteiger partial charge in [0.05, 0.1) is 0 Å². The maximum Gasteiger partial charge on any atom is 0.136 e. The van der Waals surface area contributed by atoms with Crippen LogP contribution in [0.4, 0.5) is 0 Å². The molecule has 0 aromatic rings. The van der Waals surface area contributed by atoms with E-state index in [0.29, 0.717) is 11.7 Å². The van der Waals surface area contributed by atoms with Crippen LogP contribution in [0.2, 0.25) is 0 Å². The van der Waals surface area contributed by atoms with E-state index in [-0.39, 0.29) is 0 Å². The molecule has 16 heavy (non-hydrogen) atoms. The molecule has 0 heterocycles. The Bertz CT molecular complexity index is 311. The summed E-state index contributed by atoms with van der Waals surface area (Å²) in [7, 11) is 0. The largest absolute Gasteiger partial charge is 0.299 e. The Hall–Kier alpha value is -0.330. The van der Waals surface area contributed by atoms with Gasteiger partial charge in [0, 0.05) is 12.3 Å². The summed E-state index contributed by atoms with van der Waals surface area (Å²) in [6.07, 6.45) is 10.6. The van der Waals surface area contributed by atoms with Gasteiger partial charge < -0.3 is 0 Å². The van der Waals surface area contributed by atoms with Gasteiger partial charge in [-0.25, -0.2) is 0 Å². The van der Waals surface area contributed by atoms with Crippen LogP contribution in [-0.4, -0.2) is 5.78 Å². The van der Waals surface area contributed by atoms with Gasteiger partial charge in [0.1, 0.15) is 5.78 Å². The summed E-state index contributed by atoms with van der Waals surface area (Å²) in [5.74, 6) is 5.79. The molecule has 4 rings (SSSR count). The minimum absolute atomic E-state index is 0.489. The van der Waals surface area contributed by atoms with Crippen LogP contribution in [0.5, 0.6) is 0 Å². The average molecular weight is 218 g/mol. The summed E-state index contributed by atoms with van der Waals surface area (Å²) in [4.78, 5) is 12.2. The van der Waals surface area contributed by atoms with E-state index in [1.165, 1.54) is 44.9 Å². The fraction of sp³-hybridized carbons (Fsp3) is 0.933. The zero-order valence-corrected chi connectivity index (χ0v) is 10.0. The molecule has 0 spiro atoms. The van der Waals surface area contributed by atoms with Gasteiger partial charge >= 0.3 is 0 Å². The highest BCUT2D eigenvalue weighted by Crippen LogP contribution is 2.56. The number of rotatable bonds is 3. The summed E-state index contributed by atoms with van der Waals surface area (Å²) in [6, 6.07) is 0. The lowest BCUT2D eigenvalue weighted by Crippen LogP contribution is -2.20. The number of fused-ring (bicyclic) bond motifs is 3. The number of ketones is 1. The SMILES string of the molecule is O=C(CC1CC2CCC1C2)C1CC2CC2C1. The molecule has 0 amide bonds. The van der Waals surface area contributed by atoms with Crippen molar-refractivity contribution in [3.63, 3.8) is 0 Å². The molecule has 1 nitrogen and oxygen atoms in total. The molecule has 0 radical (unpaired) electrons. The minimum atomic E-state index is 0.489. The van der Waals surface area contributed by atoms with E-state index in [9.17, 15) is 4.79 Å². The summed E-state index contributed by atoms with van der Waals surface area (Å²) < 4.78 is 0. The molecule has 88 valence electrons. The van der Waals surface area contributed by atoms with Crippen LogP contribution in [0.3, 0.4) is 0 Å². The molecule has 4 aliphatic rings. The van der Waals surface area contributed by atoms with Gasteiger partial charge in [-0.1, -0.05) is 6.42 Å². The lowest BCUT2D eigenvalue weighted by molar-refractivity contribution is -0.124. The molecular weight excluding hydrogens is 196 g/mol. The molecule has 1 heteroatoms. The Balaban J connectivity index is 1.35. The molecular formula is C15H22O. The molecule has 2 bridgehead atoms. The normalized spacial score (nSPS) is 53.0. The Labute approximate surface area is 98.0 Å². The predicted molar refractivity (Wildman–Crippen MR) is 62.9 cm³/mol. The third kappa shape index (κ3) is 1.47. The highest BCUT2D eigenvalue weighted by atomic mass is 16.1. The first-order valence-electron chi connectivity index (χ1n) is 7.32. The van der Waals surface area contributed by atoms with Crippen molar-refractivity contribution in [1.29, 1.82) is 0 Å². The van der Waals surface area contributed by atoms with Crippen LogP contribution < -0.4 is 0 Å². The molecule has 0 aromatic carbocycles. The molecule has 4 fully saturated rings. The summed E-state index contributed by atoms with van der Waals surface area (Å²) >= 11 is 0. The fourth-order valence-electron chi connectivity index (χ4n) is 5.03. The van der Waals surface area contributed by atoms with Crippen LogP contribution in [-0.2, 0) is 4.79 Å². The molecule has 4 saturated carbocycles. The third-order valence-electron chi connectivity index (χ3n) is 6.05. The molecule has 4 aliphatic carbocycles. The van der Waals surface area contributed by atoms with Gasteiger partial charge in [0.25, 0.3) is 0 Å². The van der Waals surface area contributed by atoms with Gasteiger partial charge in [-0.2, -0.15) is 0 Å². The smallest absolute Gasteiger partial charge is 0.136 e. The van der Waals surface area contributed by atoms with E-state index in [4.69, 9.17) is 0 Å². The van der Waals surface area contributed by atoms with E-state index in [1.807, 2.05) is 0 Å². The quantitative estimate of drug-likeness (QED) is 0.709. The predicted octanol–water partition coefficient (Wildman–Crippen LogP) is 3.43. The molecule has 0 aromatic heterocycles. The van der Waals surface area contributed by atoms with Crippen molar-refractivity contribution in [2.45, 2.75) is 51.4 Å². The van der Waals surface area contributed by atoms with Crippen molar-refractivity contribution in [3.05, 3.63) is 0 Å². The monoisotopic (exact) mass is 218 g/mol. The Morgan fingerprint density at radius 3 is 2.31 bits per heavy atom. The van der Waals surface area contributed by atoms with E-state index in [1.54, 1.807) is 0 Å². The first-order chi connectivity index (χ1) is 7.79. The Morgan fingerprint density at radius 2 is 1.69 bits per heavy atom. The Morgan fingerprint density at radius 1 is 0.875 bits per heavy atom. The maximum atomic E-state index is 12.2. The number of carbonyl (C=O) groups is 1. The van der Waals surface area contributed by atoms with Crippen molar-refractivity contribution in [1.82, 2.24) is 0 Å². The van der Waals surface area contributed by atoms with E-state index < -0.39 is 0 Å². The van der Waals surface area contributed by atoms with Crippen molar-refractivity contribution in [3.8, 4) is 0 Å². The molecule has 5 unspecified atom stereocenters. The second kappa shape index (κ2) is 3.34. The number of carbonyl (C=O) groups excluding carboxylic acids is 1. The van der Waals surface area contributed by atoms with Gasteiger partial charge in [0.2, 0.25) is 0 Å². The van der Waals surface area contributed by atoms with E-state index in [2.05, 4.69) is 0 Å². The average Bonchev–Trinajstić information content (AvgIpc) is 2.75. The first-order valence-corrected chi connectivity index (χ1v) is 7.32. The Kier molecular flexibility index (Phi) is 2.02. The number of hydrogen-bond acceptors (Lipinski definition) is 1. The van der Waals surface area contributed by atoms with Gasteiger partial charge in [-0.15, -0.1) is 0 Å². The van der Waals surface area contributed by atoms with Gasteiger partial charge in [0.15, 0.2) is 0 Å².